The van der Waals surface area contributed by atoms with E-state index in [9.17, 15) is 9.90 Å². The van der Waals surface area contributed by atoms with Crippen LogP contribution in [-0.2, 0) is 9.53 Å². The van der Waals surface area contributed by atoms with Crippen molar-refractivity contribution in [2.45, 2.75) is 39.0 Å². The van der Waals surface area contributed by atoms with Crippen LogP contribution >= 0.6 is 0 Å². The molecule has 4 atom stereocenters. The molecular weight excluding hydrogens is 182 g/mol. The summed E-state index contributed by atoms with van der Waals surface area (Å²) in [5.41, 5.74) is 0. The molecule has 4 heteroatoms. The highest BCUT2D eigenvalue weighted by molar-refractivity contribution is 5.82. The Morgan fingerprint density at radius 1 is 1.57 bits per heavy atom. The summed E-state index contributed by atoms with van der Waals surface area (Å²) in [5, 5.41) is 9.92. The Morgan fingerprint density at radius 2 is 2.21 bits per heavy atom. The van der Waals surface area contributed by atoms with Gasteiger partial charge in [-0.2, -0.15) is 0 Å². The van der Waals surface area contributed by atoms with E-state index < -0.39 is 6.10 Å². The first kappa shape index (κ1) is 9.93. The van der Waals surface area contributed by atoms with Crippen LogP contribution in [0.25, 0.3) is 0 Å². The first-order chi connectivity index (χ1) is 6.54. The van der Waals surface area contributed by atoms with Gasteiger partial charge in [-0.05, 0) is 5.92 Å². The highest BCUT2D eigenvalue weighted by Gasteiger charge is 2.53. The number of hydrogen-bond donors (Lipinski definition) is 1. The van der Waals surface area contributed by atoms with E-state index in [-0.39, 0.29) is 24.0 Å². The largest absolute Gasteiger partial charge is 0.390 e. The first-order valence-electron chi connectivity index (χ1n) is 5.14. The van der Waals surface area contributed by atoms with Crippen molar-refractivity contribution in [3.05, 3.63) is 0 Å². The zero-order valence-electron chi connectivity index (χ0n) is 8.80. The van der Waals surface area contributed by atoms with Crippen LogP contribution in [0.2, 0.25) is 0 Å². The number of hydrogen-bond acceptors (Lipinski definition) is 3. The smallest absolute Gasteiger partial charge is 0.230 e. The second-order valence-electron chi connectivity index (χ2n) is 4.58. The van der Waals surface area contributed by atoms with E-state index in [1.165, 1.54) is 0 Å². The molecule has 0 bridgehead atoms. The summed E-state index contributed by atoms with van der Waals surface area (Å²) in [6.45, 7) is 6.22. The van der Waals surface area contributed by atoms with Crippen molar-refractivity contribution in [3.63, 3.8) is 0 Å². The van der Waals surface area contributed by atoms with E-state index in [0.29, 0.717) is 12.6 Å². The van der Waals surface area contributed by atoms with Gasteiger partial charge in [0.15, 0.2) is 0 Å². The minimum atomic E-state index is -0.572. The highest BCUT2D eigenvalue weighted by Crippen LogP contribution is 2.35. The molecule has 0 spiro atoms. The molecule has 1 amide bonds. The molecule has 0 unspecified atom stereocenters. The lowest BCUT2D eigenvalue weighted by Crippen LogP contribution is -2.40. The Labute approximate surface area is 83.8 Å². The lowest BCUT2D eigenvalue weighted by Gasteiger charge is -2.23. The lowest BCUT2D eigenvalue weighted by atomic mass is 9.93. The molecule has 2 rings (SSSR count). The SMILES string of the molecule is CC(C)[C@@H]1OCN2C(=O)[C@H](C)[C@H](O)[C@@H]12. The average Bonchev–Trinajstić information content (AvgIpc) is 2.64. The molecule has 0 saturated carbocycles. The molecule has 14 heavy (non-hydrogen) atoms. The normalized spacial score (nSPS) is 42.4. The number of carbonyl (C=O) groups excluding carboxylic acids is 1. The van der Waals surface area contributed by atoms with Crippen molar-refractivity contribution in [1.82, 2.24) is 4.90 Å². The molecule has 0 radical (unpaired) electrons. The van der Waals surface area contributed by atoms with E-state index in [1.807, 2.05) is 13.8 Å². The van der Waals surface area contributed by atoms with Gasteiger partial charge in [0, 0.05) is 0 Å². The maximum absolute atomic E-state index is 11.7. The van der Waals surface area contributed by atoms with Gasteiger partial charge < -0.3 is 14.7 Å². The van der Waals surface area contributed by atoms with Crippen LogP contribution in [0.4, 0.5) is 0 Å². The Hall–Kier alpha value is -0.610. The fraction of sp³-hybridized carbons (Fsp3) is 0.900. The van der Waals surface area contributed by atoms with Gasteiger partial charge in [0.1, 0.15) is 6.73 Å². The van der Waals surface area contributed by atoms with Crippen LogP contribution in [0.5, 0.6) is 0 Å². The third-order valence-electron chi connectivity index (χ3n) is 3.29. The van der Waals surface area contributed by atoms with Gasteiger partial charge >= 0.3 is 0 Å². The van der Waals surface area contributed by atoms with Crippen molar-refractivity contribution in [3.8, 4) is 0 Å². The van der Waals surface area contributed by atoms with Crippen LogP contribution in [0.3, 0.4) is 0 Å². The number of aliphatic hydroxyl groups excluding tert-OH is 1. The molecule has 0 aromatic carbocycles. The predicted molar refractivity (Wildman–Crippen MR) is 50.4 cm³/mol. The van der Waals surface area contributed by atoms with E-state index >= 15 is 0 Å². The van der Waals surface area contributed by atoms with Gasteiger partial charge in [-0.15, -0.1) is 0 Å². The quantitative estimate of drug-likeness (QED) is 0.656. The zero-order valence-corrected chi connectivity index (χ0v) is 8.80. The number of aliphatic hydroxyl groups is 1. The molecule has 0 aromatic heterocycles. The summed E-state index contributed by atoms with van der Waals surface area (Å²) in [6, 6.07) is -0.127. The summed E-state index contributed by atoms with van der Waals surface area (Å²) in [6.07, 6.45) is -0.587. The highest BCUT2D eigenvalue weighted by atomic mass is 16.5. The molecular formula is C10H17NO3. The Balaban J connectivity index is 2.22. The topological polar surface area (TPSA) is 49.8 Å². The van der Waals surface area contributed by atoms with E-state index in [2.05, 4.69) is 0 Å². The summed E-state index contributed by atoms with van der Waals surface area (Å²) in [7, 11) is 0. The van der Waals surface area contributed by atoms with Crippen molar-refractivity contribution < 1.29 is 14.6 Å². The molecule has 0 aromatic rings. The Kier molecular flexibility index (Phi) is 2.27. The van der Waals surface area contributed by atoms with E-state index in [0.717, 1.165) is 0 Å². The molecule has 2 heterocycles. The summed E-state index contributed by atoms with van der Waals surface area (Å²) < 4.78 is 5.52. The molecule has 80 valence electrons. The number of amides is 1. The monoisotopic (exact) mass is 199 g/mol. The molecule has 0 aliphatic carbocycles. The standard InChI is InChI=1S/C10H17NO3/c1-5(2)9-7-8(12)6(3)10(13)11(7)4-14-9/h5-9,12H,4H2,1-3H3/t6-,7+,8+,9+/m1/s1. The minimum Gasteiger partial charge on any atom is -0.390 e. The Bertz CT molecular complexity index is 254. The van der Waals surface area contributed by atoms with Gasteiger partial charge in [0.2, 0.25) is 5.91 Å². The second kappa shape index (κ2) is 3.21. The van der Waals surface area contributed by atoms with Crippen LogP contribution < -0.4 is 0 Å². The molecule has 2 fully saturated rings. The van der Waals surface area contributed by atoms with Crippen molar-refractivity contribution in [2.75, 3.05) is 6.73 Å². The average molecular weight is 199 g/mol. The van der Waals surface area contributed by atoms with Crippen molar-refractivity contribution in [2.24, 2.45) is 11.8 Å². The maximum Gasteiger partial charge on any atom is 0.230 e. The fourth-order valence-electron chi connectivity index (χ4n) is 2.41. The maximum atomic E-state index is 11.7. The van der Waals surface area contributed by atoms with Crippen LogP contribution in [0, 0.1) is 11.8 Å². The van der Waals surface area contributed by atoms with Crippen LogP contribution in [0.1, 0.15) is 20.8 Å². The summed E-state index contributed by atoms with van der Waals surface area (Å²) in [5.74, 6) is 0.0774. The number of carbonyl (C=O) groups is 1. The van der Waals surface area contributed by atoms with Crippen LogP contribution in [0.15, 0.2) is 0 Å². The molecule has 2 aliphatic rings. The van der Waals surface area contributed by atoms with Gasteiger partial charge in [-0.1, -0.05) is 20.8 Å². The third kappa shape index (κ3) is 1.17. The lowest BCUT2D eigenvalue weighted by molar-refractivity contribution is -0.132. The summed E-state index contributed by atoms with van der Waals surface area (Å²) in [4.78, 5) is 13.3. The first-order valence-corrected chi connectivity index (χ1v) is 5.14. The molecule has 2 aliphatic heterocycles. The van der Waals surface area contributed by atoms with Gasteiger partial charge in [0.25, 0.3) is 0 Å². The summed E-state index contributed by atoms with van der Waals surface area (Å²) >= 11 is 0. The van der Waals surface area contributed by atoms with E-state index in [4.69, 9.17) is 4.74 Å². The second-order valence-corrected chi connectivity index (χ2v) is 4.58. The van der Waals surface area contributed by atoms with Gasteiger partial charge in [-0.3, -0.25) is 4.79 Å². The number of ether oxygens (including phenoxy) is 1. The van der Waals surface area contributed by atoms with Crippen LogP contribution in [-0.4, -0.2) is 40.9 Å². The van der Waals surface area contributed by atoms with Crippen molar-refractivity contribution >= 4 is 5.91 Å². The number of nitrogens with zero attached hydrogens (tertiary/aromatic N) is 1. The number of rotatable bonds is 1. The van der Waals surface area contributed by atoms with Gasteiger partial charge in [-0.25, -0.2) is 0 Å². The third-order valence-corrected chi connectivity index (χ3v) is 3.29. The Morgan fingerprint density at radius 3 is 2.79 bits per heavy atom. The van der Waals surface area contributed by atoms with Gasteiger partial charge in [0.05, 0.1) is 24.2 Å². The minimum absolute atomic E-state index is 0.0149. The van der Waals surface area contributed by atoms with E-state index in [1.54, 1.807) is 11.8 Å². The fourth-order valence-corrected chi connectivity index (χ4v) is 2.41. The predicted octanol–water partition coefficient (Wildman–Crippen LogP) is 0.206. The molecule has 1 N–H and O–H groups in total. The molecule has 4 nitrogen and oxygen atoms in total. The molecule has 2 saturated heterocycles. The number of fused-ring (bicyclic) bond motifs is 1. The van der Waals surface area contributed by atoms with Crippen molar-refractivity contribution in [1.29, 1.82) is 0 Å². The zero-order chi connectivity index (χ0) is 10.5.